The van der Waals surface area contributed by atoms with E-state index < -0.39 is 0 Å². The summed E-state index contributed by atoms with van der Waals surface area (Å²) in [7, 11) is 1.93. The van der Waals surface area contributed by atoms with Crippen LogP contribution < -0.4 is 0 Å². The number of aliphatic hydroxyl groups is 1. The number of nitrogens with zero attached hydrogens (tertiary/aromatic N) is 2. The molecule has 0 saturated heterocycles. The number of pyridine rings is 1. The van der Waals surface area contributed by atoms with E-state index in [0.29, 0.717) is 18.1 Å². The van der Waals surface area contributed by atoms with Crippen molar-refractivity contribution in [2.75, 3.05) is 20.2 Å². The molecule has 3 nitrogen and oxygen atoms in total. The molecule has 0 unspecified atom stereocenters. The molecule has 4 heteroatoms. The van der Waals surface area contributed by atoms with Gasteiger partial charge in [0.25, 0.3) is 0 Å². The Labute approximate surface area is 83.0 Å². The smallest absolute Gasteiger partial charge is 0.0558 e. The molecule has 1 aromatic rings. The van der Waals surface area contributed by atoms with E-state index in [1.807, 2.05) is 18.0 Å². The maximum atomic E-state index is 8.68. The summed E-state index contributed by atoms with van der Waals surface area (Å²) in [6, 6.07) is 3.58. The average Bonchev–Trinajstić information content (AvgIpc) is 2.04. The van der Waals surface area contributed by atoms with E-state index in [9.17, 15) is 0 Å². The molecular weight excluding hydrogens is 188 g/mol. The summed E-state index contributed by atoms with van der Waals surface area (Å²) in [5.41, 5.74) is 0.920. The highest BCUT2D eigenvalue weighted by Crippen LogP contribution is 2.08. The Morgan fingerprint density at radius 1 is 1.62 bits per heavy atom. The van der Waals surface area contributed by atoms with E-state index in [0.717, 1.165) is 5.69 Å². The van der Waals surface area contributed by atoms with Gasteiger partial charge in [0.1, 0.15) is 0 Å². The maximum absolute atomic E-state index is 8.68. The first-order valence-corrected chi connectivity index (χ1v) is 4.50. The normalized spacial score (nSPS) is 10.8. The van der Waals surface area contributed by atoms with Gasteiger partial charge < -0.3 is 5.11 Å². The fraction of sp³-hybridized carbons (Fsp3) is 0.444. The lowest BCUT2D eigenvalue weighted by Crippen LogP contribution is -2.21. The van der Waals surface area contributed by atoms with Crippen LogP contribution in [-0.4, -0.2) is 35.2 Å². The highest BCUT2D eigenvalue weighted by molar-refractivity contribution is 6.30. The summed E-state index contributed by atoms with van der Waals surface area (Å²) in [6.45, 7) is 1.52. The molecule has 0 amide bonds. The van der Waals surface area contributed by atoms with Crippen LogP contribution in [0.5, 0.6) is 0 Å². The van der Waals surface area contributed by atoms with Crippen molar-refractivity contribution >= 4 is 11.6 Å². The van der Waals surface area contributed by atoms with Gasteiger partial charge in [-0.2, -0.15) is 0 Å². The molecule has 1 aromatic heterocycles. The molecule has 0 aromatic carbocycles. The van der Waals surface area contributed by atoms with Crippen LogP contribution in [0.15, 0.2) is 18.3 Å². The van der Waals surface area contributed by atoms with Gasteiger partial charge in [-0.3, -0.25) is 9.88 Å². The minimum atomic E-state index is 0.164. The van der Waals surface area contributed by atoms with Crippen molar-refractivity contribution in [3.8, 4) is 0 Å². The van der Waals surface area contributed by atoms with E-state index in [1.165, 1.54) is 0 Å². The Hall–Kier alpha value is -0.640. The molecule has 1 heterocycles. The molecule has 72 valence electrons. The van der Waals surface area contributed by atoms with Crippen LogP contribution in [0.25, 0.3) is 0 Å². The quantitative estimate of drug-likeness (QED) is 0.793. The Morgan fingerprint density at radius 2 is 2.38 bits per heavy atom. The van der Waals surface area contributed by atoms with E-state index >= 15 is 0 Å². The van der Waals surface area contributed by atoms with Crippen molar-refractivity contribution in [1.82, 2.24) is 9.88 Å². The van der Waals surface area contributed by atoms with Gasteiger partial charge in [0, 0.05) is 24.3 Å². The number of likely N-dealkylation sites (N-methyl/N-ethyl adjacent to an activating group) is 1. The predicted octanol–water partition coefficient (Wildman–Crippen LogP) is 1.16. The number of hydrogen-bond acceptors (Lipinski definition) is 3. The Morgan fingerprint density at radius 3 is 3.00 bits per heavy atom. The van der Waals surface area contributed by atoms with Gasteiger partial charge in [-0.1, -0.05) is 11.6 Å². The molecule has 1 rings (SSSR count). The molecule has 0 bridgehead atoms. The van der Waals surface area contributed by atoms with Gasteiger partial charge in [0.2, 0.25) is 0 Å². The largest absolute Gasteiger partial charge is 0.395 e. The monoisotopic (exact) mass is 200 g/mol. The standard InChI is InChI=1S/C9H13ClN2O/c1-12(4-5-13)7-9-6-8(10)2-3-11-9/h2-3,6,13H,4-5,7H2,1H3. The molecule has 0 radical (unpaired) electrons. The average molecular weight is 201 g/mol. The third-order valence-electron chi connectivity index (χ3n) is 1.69. The van der Waals surface area contributed by atoms with E-state index in [4.69, 9.17) is 16.7 Å². The number of rotatable bonds is 4. The lowest BCUT2D eigenvalue weighted by atomic mass is 10.3. The maximum Gasteiger partial charge on any atom is 0.0558 e. The summed E-state index contributed by atoms with van der Waals surface area (Å²) in [4.78, 5) is 6.14. The second-order valence-corrected chi connectivity index (χ2v) is 3.36. The molecule has 0 aliphatic rings. The number of aliphatic hydroxyl groups excluding tert-OH is 1. The molecule has 0 saturated carbocycles. The molecule has 0 aliphatic heterocycles. The number of hydrogen-bond donors (Lipinski definition) is 1. The molecule has 0 aliphatic carbocycles. The van der Waals surface area contributed by atoms with Crippen LogP contribution in [0.4, 0.5) is 0 Å². The van der Waals surface area contributed by atoms with Gasteiger partial charge in [0.05, 0.1) is 12.3 Å². The van der Waals surface area contributed by atoms with Gasteiger partial charge in [-0.15, -0.1) is 0 Å². The van der Waals surface area contributed by atoms with Crippen molar-refractivity contribution in [3.05, 3.63) is 29.0 Å². The first-order valence-electron chi connectivity index (χ1n) is 4.12. The first-order chi connectivity index (χ1) is 6.22. The fourth-order valence-electron chi connectivity index (χ4n) is 1.06. The Bertz CT molecular complexity index is 268. The van der Waals surface area contributed by atoms with Crippen LogP contribution in [0, 0.1) is 0 Å². The third-order valence-corrected chi connectivity index (χ3v) is 1.93. The van der Waals surface area contributed by atoms with Gasteiger partial charge in [-0.25, -0.2) is 0 Å². The van der Waals surface area contributed by atoms with Crippen LogP contribution in [0.2, 0.25) is 5.02 Å². The second kappa shape index (κ2) is 5.17. The van der Waals surface area contributed by atoms with Crippen molar-refractivity contribution in [3.63, 3.8) is 0 Å². The van der Waals surface area contributed by atoms with E-state index in [1.54, 1.807) is 12.3 Å². The molecule has 1 N–H and O–H groups in total. The first kappa shape index (κ1) is 10.4. The summed E-state index contributed by atoms with van der Waals surface area (Å²) in [5.74, 6) is 0. The molecule has 0 atom stereocenters. The summed E-state index contributed by atoms with van der Waals surface area (Å²) >= 11 is 5.80. The highest BCUT2D eigenvalue weighted by atomic mass is 35.5. The van der Waals surface area contributed by atoms with Gasteiger partial charge in [0.15, 0.2) is 0 Å². The SMILES string of the molecule is CN(CCO)Cc1cc(Cl)ccn1. The minimum Gasteiger partial charge on any atom is -0.395 e. The second-order valence-electron chi connectivity index (χ2n) is 2.93. The topological polar surface area (TPSA) is 36.4 Å². The number of halogens is 1. The van der Waals surface area contributed by atoms with Gasteiger partial charge >= 0.3 is 0 Å². The molecular formula is C9H13ClN2O. The summed E-state index contributed by atoms with van der Waals surface area (Å²) in [5, 5.41) is 9.38. The van der Waals surface area contributed by atoms with Crippen LogP contribution >= 0.6 is 11.6 Å². The van der Waals surface area contributed by atoms with Crippen molar-refractivity contribution < 1.29 is 5.11 Å². The molecule has 0 spiro atoms. The third kappa shape index (κ3) is 3.72. The minimum absolute atomic E-state index is 0.164. The fourth-order valence-corrected chi connectivity index (χ4v) is 1.24. The Balaban J connectivity index is 2.53. The van der Waals surface area contributed by atoms with Crippen LogP contribution in [0.1, 0.15) is 5.69 Å². The van der Waals surface area contributed by atoms with Crippen molar-refractivity contribution in [2.45, 2.75) is 6.54 Å². The lowest BCUT2D eigenvalue weighted by Gasteiger charge is -2.13. The molecule has 0 fully saturated rings. The van der Waals surface area contributed by atoms with Crippen molar-refractivity contribution in [2.24, 2.45) is 0 Å². The van der Waals surface area contributed by atoms with E-state index in [2.05, 4.69) is 4.98 Å². The van der Waals surface area contributed by atoms with Crippen molar-refractivity contribution in [1.29, 1.82) is 0 Å². The zero-order chi connectivity index (χ0) is 9.68. The van der Waals surface area contributed by atoms with Crippen LogP contribution in [-0.2, 0) is 6.54 Å². The summed E-state index contributed by atoms with van der Waals surface area (Å²) in [6.07, 6.45) is 1.68. The molecule has 13 heavy (non-hydrogen) atoms. The highest BCUT2D eigenvalue weighted by Gasteiger charge is 2.00. The van der Waals surface area contributed by atoms with E-state index in [-0.39, 0.29) is 6.61 Å². The zero-order valence-corrected chi connectivity index (χ0v) is 8.33. The lowest BCUT2D eigenvalue weighted by molar-refractivity contribution is 0.216. The Kier molecular flexibility index (Phi) is 4.15. The number of aromatic nitrogens is 1. The van der Waals surface area contributed by atoms with Crippen LogP contribution in [0.3, 0.4) is 0 Å². The van der Waals surface area contributed by atoms with Gasteiger partial charge in [-0.05, 0) is 19.2 Å². The summed E-state index contributed by atoms with van der Waals surface area (Å²) < 4.78 is 0. The zero-order valence-electron chi connectivity index (χ0n) is 7.57. The predicted molar refractivity (Wildman–Crippen MR) is 52.7 cm³/mol.